The van der Waals surface area contributed by atoms with Gasteiger partial charge in [-0.3, -0.25) is 4.79 Å². The lowest BCUT2D eigenvalue weighted by Gasteiger charge is -2.19. The Kier molecular flexibility index (Phi) is 3.65. The zero-order valence-electron chi connectivity index (χ0n) is 11.9. The predicted molar refractivity (Wildman–Crippen MR) is 74.0 cm³/mol. The van der Waals surface area contributed by atoms with Gasteiger partial charge in [-0.2, -0.15) is 13.2 Å². The molecule has 2 aromatic rings. The van der Waals surface area contributed by atoms with Crippen molar-refractivity contribution in [2.45, 2.75) is 32.4 Å². The number of alkyl halides is 3. The number of hydrogen-bond acceptors (Lipinski definition) is 2. The van der Waals surface area contributed by atoms with Crippen molar-refractivity contribution < 1.29 is 13.2 Å². The predicted octanol–water partition coefficient (Wildman–Crippen LogP) is 3.75. The van der Waals surface area contributed by atoms with E-state index in [9.17, 15) is 18.0 Å². The first-order valence-corrected chi connectivity index (χ1v) is 6.37. The van der Waals surface area contributed by atoms with Crippen LogP contribution in [0.5, 0.6) is 0 Å². The monoisotopic (exact) mass is 296 g/mol. The molecule has 1 N–H and O–H groups in total. The number of halogens is 3. The second-order valence-electron chi connectivity index (χ2n) is 5.80. The van der Waals surface area contributed by atoms with E-state index in [1.54, 1.807) is 17.1 Å². The number of aromatic amines is 1. The smallest absolute Gasteiger partial charge is 0.303 e. The summed E-state index contributed by atoms with van der Waals surface area (Å²) in [6.45, 7) is 6.11. The summed E-state index contributed by atoms with van der Waals surface area (Å²) in [6, 6.07) is 8.04. The standard InChI is InChI=1S/C15H15F3N2O/c1-14(2,3)10-6-4-9(5-7-10)11-8-12(21)20-13(19-11)15(16,17)18/h4-8H,1-3H3,(H,19,20,21). The van der Waals surface area contributed by atoms with Crippen molar-refractivity contribution in [3.63, 3.8) is 0 Å². The Bertz CT molecular complexity index is 695. The van der Waals surface area contributed by atoms with Gasteiger partial charge >= 0.3 is 6.18 Å². The van der Waals surface area contributed by atoms with Crippen LogP contribution < -0.4 is 5.56 Å². The highest BCUT2D eigenvalue weighted by molar-refractivity contribution is 5.59. The van der Waals surface area contributed by atoms with Crippen LogP contribution in [0.1, 0.15) is 32.2 Å². The quantitative estimate of drug-likeness (QED) is 0.871. The molecule has 2 rings (SSSR count). The summed E-state index contributed by atoms with van der Waals surface area (Å²) in [6.07, 6.45) is -4.68. The van der Waals surface area contributed by atoms with E-state index in [1.165, 1.54) is 0 Å². The number of benzene rings is 1. The molecule has 3 nitrogen and oxygen atoms in total. The molecule has 0 aliphatic heterocycles. The van der Waals surface area contributed by atoms with Crippen molar-refractivity contribution in [3.05, 3.63) is 52.1 Å². The molecule has 0 amide bonds. The van der Waals surface area contributed by atoms with Crippen LogP contribution in [0, 0.1) is 0 Å². The van der Waals surface area contributed by atoms with Crippen molar-refractivity contribution in [3.8, 4) is 11.3 Å². The maximum absolute atomic E-state index is 12.7. The van der Waals surface area contributed by atoms with Gasteiger partial charge in [0.25, 0.3) is 5.56 Å². The molecule has 0 saturated carbocycles. The Hall–Kier alpha value is -2.11. The van der Waals surface area contributed by atoms with E-state index in [0.717, 1.165) is 11.6 Å². The number of nitrogens with one attached hydrogen (secondary N) is 1. The van der Waals surface area contributed by atoms with Gasteiger partial charge < -0.3 is 4.98 Å². The molecule has 1 aromatic carbocycles. The third-order valence-corrected chi connectivity index (χ3v) is 3.06. The first-order valence-electron chi connectivity index (χ1n) is 6.37. The molecule has 0 aliphatic rings. The Labute approximate surface area is 119 Å². The van der Waals surface area contributed by atoms with Crippen LogP contribution in [0.2, 0.25) is 0 Å². The molecule has 6 heteroatoms. The molecular formula is C15H15F3N2O. The van der Waals surface area contributed by atoms with Gasteiger partial charge in [0.15, 0.2) is 0 Å². The fraction of sp³-hybridized carbons (Fsp3) is 0.333. The van der Waals surface area contributed by atoms with Crippen molar-refractivity contribution in [2.75, 3.05) is 0 Å². The van der Waals surface area contributed by atoms with Gasteiger partial charge in [-0.15, -0.1) is 0 Å². The second kappa shape index (κ2) is 5.02. The average Bonchev–Trinajstić information content (AvgIpc) is 2.36. The zero-order valence-corrected chi connectivity index (χ0v) is 11.9. The van der Waals surface area contributed by atoms with Crippen LogP contribution in [0.25, 0.3) is 11.3 Å². The highest BCUT2D eigenvalue weighted by Gasteiger charge is 2.34. The van der Waals surface area contributed by atoms with E-state index >= 15 is 0 Å². The number of nitrogens with zero attached hydrogens (tertiary/aromatic N) is 1. The van der Waals surface area contributed by atoms with Crippen LogP contribution >= 0.6 is 0 Å². The number of hydrogen-bond donors (Lipinski definition) is 1. The van der Waals surface area contributed by atoms with Crippen LogP contribution in [0.4, 0.5) is 13.2 Å². The number of rotatable bonds is 1. The molecule has 0 atom stereocenters. The minimum absolute atomic E-state index is 0.00605. The minimum atomic E-state index is -4.68. The van der Waals surface area contributed by atoms with E-state index in [1.807, 2.05) is 32.9 Å². The van der Waals surface area contributed by atoms with Gasteiger partial charge in [0.2, 0.25) is 5.82 Å². The number of aromatic nitrogens is 2. The molecular weight excluding hydrogens is 281 g/mol. The summed E-state index contributed by atoms with van der Waals surface area (Å²) in [4.78, 5) is 16.5. The van der Waals surface area contributed by atoms with Gasteiger partial charge in [-0.05, 0) is 11.0 Å². The molecule has 0 fully saturated rings. The third kappa shape index (κ3) is 3.51. The summed E-state index contributed by atoms with van der Waals surface area (Å²) in [7, 11) is 0. The van der Waals surface area contributed by atoms with E-state index in [2.05, 4.69) is 4.98 Å². The number of H-pyrrole nitrogens is 1. The fourth-order valence-corrected chi connectivity index (χ4v) is 1.88. The van der Waals surface area contributed by atoms with Crippen molar-refractivity contribution in [2.24, 2.45) is 0 Å². The Morgan fingerprint density at radius 1 is 1.05 bits per heavy atom. The van der Waals surface area contributed by atoms with Crippen molar-refractivity contribution in [1.82, 2.24) is 9.97 Å². The lowest BCUT2D eigenvalue weighted by molar-refractivity contribution is -0.145. The van der Waals surface area contributed by atoms with Crippen LogP contribution in [-0.2, 0) is 11.6 Å². The highest BCUT2D eigenvalue weighted by Crippen LogP contribution is 2.28. The first-order chi connectivity index (χ1) is 9.57. The van der Waals surface area contributed by atoms with E-state index in [-0.39, 0.29) is 11.1 Å². The Balaban J connectivity index is 2.48. The van der Waals surface area contributed by atoms with Gasteiger partial charge in [-0.1, -0.05) is 45.0 Å². The SMILES string of the molecule is CC(C)(C)c1ccc(-c2cc(=O)[nH]c(C(F)(F)F)n2)cc1. The Morgan fingerprint density at radius 2 is 1.62 bits per heavy atom. The molecule has 21 heavy (non-hydrogen) atoms. The fourth-order valence-electron chi connectivity index (χ4n) is 1.88. The maximum Gasteiger partial charge on any atom is 0.449 e. The van der Waals surface area contributed by atoms with Gasteiger partial charge in [0, 0.05) is 11.6 Å². The Morgan fingerprint density at radius 3 is 2.10 bits per heavy atom. The average molecular weight is 296 g/mol. The molecule has 1 aromatic heterocycles. The normalized spacial score (nSPS) is 12.5. The van der Waals surface area contributed by atoms with Crippen LogP contribution in [0.3, 0.4) is 0 Å². The van der Waals surface area contributed by atoms with Crippen LogP contribution in [0.15, 0.2) is 35.1 Å². The molecule has 0 bridgehead atoms. The summed E-state index contributed by atoms with van der Waals surface area (Å²) >= 11 is 0. The summed E-state index contributed by atoms with van der Waals surface area (Å²) in [5.41, 5.74) is 0.641. The van der Waals surface area contributed by atoms with Gasteiger partial charge in [0.1, 0.15) is 0 Å². The van der Waals surface area contributed by atoms with E-state index < -0.39 is 17.6 Å². The molecule has 0 unspecified atom stereocenters. The summed E-state index contributed by atoms with van der Waals surface area (Å²) < 4.78 is 38.0. The largest absolute Gasteiger partial charge is 0.449 e. The zero-order chi connectivity index (χ0) is 15.8. The minimum Gasteiger partial charge on any atom is -0.303 e. The third-order valence-electron chi connectivity index (χ3n) is 3.06. The summed E-state index contributed by atoms with van der Waals surface area (Å²) in [5.74, 6) is -1.29. The second-order valence-corrected chi connectivity index (χ2v) is 5.80. The van der Waals surface area contributed by atoms with Crippen molar-refractivity contribution >= 4 is 0 Å². The molecule has 0 saturated heterocycles. The maximum atomic E-state index is 12.7. The van der Waals surface area contributed by atoms with Crippen LogP contribution in [-0.4, -0.2) is 9.97 Å². The molecule has 0 aliphatic carbocycles. The first kappa shape index (κ1) is 15.3. The lowest BCUT2D eigenvalue weighted by Crippen LogP contribution is -2.18. The van der Waals surface area contributed by atoms with Crippen molar-refractivity contribution in [1.29, 1.82) is 0 Å². The van der Waals surface area contributed by atoms with Gasteiger partial charge in [-0.25, -0.2) is 4.98 Å². The summed E-state index contributed by atoms with van der Waals surface area (Å²) in [5, 5.41) is 0. The highest BCUT2D eigenvalue weighted by atomic mass is 19.4. The molecule has 112 valence electrons. The molecule has 0 spiro atoms. The van der Waals surface area contributed by atoms with E-state index in [0.29, 0.717) is 5.56 Å². The lowest BCUT2D eigenvalue weighted by atomic mass is 9.86. The molecule has 0 radical (unpaired) electrons. The topological polar surface area (TPSA) is 45.8 Å². The van der Waals surface area contributed by atoms with E-state index in [4.69, 9.17) is 0 Å². The molecule has 1 heterocycles. The van der Waals surface area contributed by atoms with Gasteiger partial charge in [0.05, 0.1) is 5.69 Å².